The Morgan fingerprint density at radius 3 is 2.93 bits per heavy atom. The molecule has 0 radical (unpaired) electrons. The largest absolute Gasteiger partial charge is 0.324 e. The minimum atomic E-state index is -0.106. The molecule has 1 heterocycles. The molecule has 0 bridgehead atoms. The summed E-state index contributed by atoms with van der Waals surface area (Å²) in [5.74, 6) is -0.106. The molecule has 0 aliphatic carbocycles. The lowest BCUT2D eigenvalue weighted by atomic mass is 10.2. The molecule has 2 rings (SSSR count). The molecular formula is C11H11N3O. The van der Waals surface area contributed by atoms with Crippen LogP contribution in [0.15, 0.2) is 24.4 Å². The van der Waals surface area contributed by atoms with Gasteiger partial charge in [0.2, 0.25) is 5.91 Å². The monoisotopic (exact) mass is 201 g/mol. The van der Waals surface area contributed by atoms with Gasteiger partial charge in [-0.25, -0.2) is 4.98 Å². The fourth-order valence-electron chi connectivity index (χ4n) is 1.41. The predicted octanol–water partition coefficient (Wildman–Crippen LogP) is 1.90. The third kappa shape index (κ3) is 1.93. The second kappa shape index (κ2) is 3.65. The molecule has 0 fully saturated rings. The van der Waals surface area contributed by atoms with Crippen molar-refractivity contribution in [1.29, 1.82) is 0 Å². The van der Waals surface area contributed by atoms with E-state index in [1.165, 1.54) is 6.92 Å². The molecule has 2 aromatic rings. The summed E-state index contributed by atoms with van der Waals surface area (Å²) >= 11 is 0. The summed E-state index contributed by atoms with van der Waals surface area (Å²) in [5.41, 5.74) is 3.05. The second-order valence-corrected chi connectivity index (χ2v) is 3.37. The zero-order valence-electron chi connectivity index (χ0n) is 8.61. The maximum atomic E-state index is 11.0. The quantitative estimate of drug-likeness (QED) is 0.766. The van der Waals surface area contributed by atoms with Crippen LogP contribution in [0.1, 0.15) is 12.6 Å². The van der Waals surface area contributed by atoms with Crippen LogP contribution in [0, 0.1) is 6.92 Å². The molecule has 0 atom stereocenters. The molecule has 1 amide bonds. The van der Waals surface area contributed by atoms with Gasteiger partial charge in [-0.1, -0.05) is 6.07 Å². The minimum absolute atomic E-state index is 0.106. The Hall–Kier alpha value is -1.97. The molecule has 4 heteroatoms. The number of carbonyl (C=O) groups is 1. The van der Waals surface area contributed by atoms with E-state index >= 15 is 0 Å². The van der Waals surface area contributed by atoms with Crippen molar-refractivity contribution in [2.45, 2.75) is 13.8 Å². The molecule has 0 saturated heterocycles. The van der Waals surface area contributed by atoms with Gasteiger partial charge in [0.1, 0.15) is 5.52 Å². The van der Waals surface area contributed by atoms with E-state index in [1.807, 2.05) is 25.1 Å². The number of aromatic nitrogens is 2. The van der Waals surface area contributed by atoms with E-state index in [4.69, 9.17) is 0 Å². The van der Waals surface area contributed by atoms with E-state index in [9.17, 15) is 4.79 Å². The lowest BCUT2D eigenvalue weighted by Crippen LogP contribution is -2.06. The first kappa shape index (κ1) is 9.58. The number of benzene rings is 1. The van der Waals surface area contributed by atoms with Crippen LogP contribution >= 0.6 is 0 Å². The van der Waals surface area contributed by atoms with Gasteiger partial charge in [-0.3, -0.25) is 9.78 Å². The highest BCUT2D eigenvalue weighted by Gasteiger charge is 2.04. The van der Waals surface area contributed by atoms with Gasteiger partial charge in [0.15, 0.2) is 0 Å². The molecule has 1 aromatic heterocycles. The van der Waals surface area contributed by atoms with Crippen LogP contribution < -0.4 is 5.32 Å². The van der Waals surface area contributed by atoms with Crippen LogP contribution in [0.4, 0.5) is 5.69 Å². The average molecular weight is 201 g/mol. The Kier molecular flexibility index (Phi) is 2.33. The molecule has 1 N–H and O–H groups in total. The Bertz CT molecular complexity index is 522. The van der Waals surface area contributed by atoms with Gasteiger partial charge in [-0.15, -0.1) is 0 Å². The zero-order valence-corrected chi connectivity index (χ0v) is 8.61. The molecule has 0 aliphatic heterocycles. The molecule has 0 aliphatic rings. The summed E-state index contributed by atoms with van der Waals surface area (Å²) < 4.78 is 0. The first-order valence-electron chi connectivity index (χ1n) is 4.67. The number of rotatable bonds is 1. The molecule has 0 unspecified atom stereocenters. The van der Waals surface area contributed by atoms with Crippen LogP contribution in [0.5, 0.6) is 0 Å². The third-order valence-electron chi connectivity index (χ3n) is 2.00. The first-order chi connectivity index (χ1) is 7.16. The predicted molar refractivity (Wildman–Crippen MR) is 58.6 cm³/mol. The van der Waals surface area contributed by atoms with Gasteiger partial charge < -0.3 is 5.32 Å². The third-order valence-corrected chi connectivity index (χ3v) is 2.00. The van der Waals surface area contributed by atoms with Gasteiger partial charge in [0, 0.05) is 13.1 Å². The summed E-state index contributed by atoms with van der Waals surface area (Å²) in [6, 6.07) is 5.53. The van der Waals surface area contributed by atoms with Crippen LogP contribution in [-0.4, -0.2) is 15.9 Å². The number of aryl methyl sites for hydroxylation is 1. The Labute approximate surface area is 87.4 Å². The topological polar surface area (TPSA) is 54.9 Å². The van der Waals surface area contributed by atoms with Gasteiger partial charge in [0.05, 0.1) is 16.9 Å². The van der Waals surface area contributed by atoms with Crippen LogP contribution in [0.25, 0.3) is 11.0 Å². The van der Waals surface area contributed by atoms with E-state index in [2.05, 4.69) is 15.3 Å². The van der Waals surface area contributed by atoms with Crippen molar-refractivity contribution in [3.05, 3.63) is 30.1 Å². The van der Waals surface area contributed by atoms with Crippen LogP contribution in [0.2, 0.25) is 0 Å². The van der Waals surface area contributed by atoms with Crippen molar-refractivity contribution in [1.82, 2.24) is 9.97 Å². The van der Waals surface area contributed by atoms with Crippen molar-refractivity contribution in [3.63, 3.8) is 0 Å². The fraction of sp³-hybridized carbons (Fsp3) is 0.182. The number of fused-ring (bicyclic) bond motifs is 1. The summed E-state index contributed by atoms with van der Waals surface area (Å²) in [5, 5.41) is 2.73. The highest BCUT2D eigenvalue weighted by molar-refractivity contribution is 5.98. The van der Waals surface area contributed by atoms with E-state index in [0.29, 0.717) is 5.69 Å². The number of amides is 1. The van der Waals surface area contributed by atoms with Crippen molar-refractivity contribution < 1.29 is 4.79 Å². The first-order valence-corrected chi connectivity index (χ1v) is 4.67. The Balaban J connectivity index is 2.63. The normalized spacial score (nSPS) is 10.3. The number of hydrogen-bond donors (Lipinski definition) is 1. The van der Waals surface area contributed by atoms with E-state index < -0.39 is 0 Å². The SMILES string of the molecule is CC(=O)Nc1cccc2ncc(C)nc12. The highest BCUT2D eigenvalue weighted by Crippen LogP contribution is 2.19. The molecule has 0 saturated carbocycles. The smallest absolute Gasteiger partial charge is 0.221 e. The molecule has 0 spiro atoms. The lowest BCUT2D eigenvalue weighted by molar-refractivity contribution is -0.114. The molecular weight excluding hydrogens is 190 g/mol. The van der Waals surface area contributed by atoms with Crippen molar-refractivity contribution in [2.24, 2.45) is 0 Å². The number of anilines is 1. The number of nitrogens with zero attached hydrogens (tertiary/aromatic N) is 2. The Morgan fingerprint density at radius 1 is 1.40 bits per heavy atom. The summed E-state index contributed by atoms with van der Waals surface area (Å²) in [7, 11) is 0. The summed E-state index contributed by atoms with van der Waals surface area (Å²) in [6.07, 6.45) is 1.71. The van der Waals surface area contributed by atoms with Gasteiger partial charge >= 0.3 is 0 Å². The van der Waals surface area contributed by atoms with Crippen LogP contribution in [0.3, 0.4) is 0 Å². The van der Waals surface area contributed by atoms with Crippen molar-refractivity contribution in [2.75, 3.05) is 5.32 Å². The maximum Gasteiger partial charge on any atom is 0.221 e. The van der Waals surface area contributed by atoms with Gasteiger partial charge in [-0.2, -0.15) is 0 Å². The zero-order chi connectivity index (χ0) is 10.8. The Morgan fingerprint density at radius 2 is 2.20 bits per heavy atom. The highest BCUT2D eigenvalue weighted by atomic mass is 16.1. The maximum absolute atomic E-state index is 11.0. The van der Waals surface area contributed by atoms with Crippen molar-refractivity contribution >= 4 is 22.6 Å². The number of hydrogen-bond acceptors (Lipinski definition) is 3. The van der Waals surface area contributed by atoms with E-state index in [1.54, 1.807) is 6.20 Å². The number of carbonyl (C=O) groups excluding carboxylic acids is 1. The molecule has 1 aromatic carbocycles. The summed E-state index contributed by atoms with van der Waals surface area (Å²) in [4.78, 5) is 19.6. The number of nitrogens with one attached hydrogen (secondary N) is 1. The second-order valence-electron chi connectivity index (χ2n) is 3.37. The van der Waals surface area contributed by atoms with Gasteiger partial charge in [0.25, 0.3) is 0 Å². The molecule has 15 heavy (non-hydrogen) atoms. The minimum Gasteiger partial charge on any atom is -0.324 e. The van der Waals surface area contributed by atoms with Gasteiger partial charge in [-0.05, 0) is 19.1 Å². The average Bonchev–Trinajstić information content (AvgIpc) is 2.18. The molecule has 4 nitrogen and oxygen atoms in total. The van der Waals surface area contributed by atoms with Crippen LogP contribution in [-0.2, 0) is 4.79 Å². The molecule has 76 valence electrons. The fourth-order valence-corrected chi connectivity index (χ4v) is 1.41. The van der Waals surface area contributed by atoms with E-state index in [0.717, 1.165) is 16.7 Å². The van der Waals surface area contributed by atoms with Crippen molar-refractivity contribution in [3.8, 4) is 0 Å². The number of para-hydroxylation sites is 1. The lowest BCUT2D eigenvalue weighted by Gasteiger charge is -2.05. The van der Waals surface area contributed by atoms with E-state index in [-0.39, 0.29) is 5.91 Å². The standard InChI is InChI=1S/C11H11N3O/c1-7-6-12-9-4-3-5-10(11(9)13-7)14-8(2)15/h3-6H,1-2H3,(H,14,15). The summed E-state index contributed by atoms with van der Waals surface area (Å²) in [6.45, 7) is 3.35.